The van der Waals surface area contributed by atoms with E-state index >= 15 is 0 Å². The van der Waals surface area contributed by atoms with Gasteiger partial charge in [0, 0.05) is 6.61 Å². The van der Waals surface area contributed by atoms with Crippen LogP contribution in [-0.4, -0.2) is 35.6 Å². The highest BCUT2D eigenvalue weighted by atomic mass is 16.5. The molecule has 0 saturated carbocycles. The van der Waals surface area contributed by atoms with E-state index in [1.54, 1.807) is 11.6 Å². The number of nitriles is 1. The molecule has 2 N–H and O–H groups in total. The Bertz CT molecular complexity index is 561. The maximum Gasteiger partial charge on any atom is 0.343 e. The van der Waals surface area contributed by atoms with Crippen molar-refractivity contribution in [1.82, 2.24) is 9.78 Å². The van der Waals surface area contributed by atoms with Gasteiger partial charge >= 0.3 is 5.97 Å². The van der Waals surface area contributed by atoms with Crippen LogP contribution < -0.4 is 5.73 Å². The number of carbonyl (C=O) groups excluding carboxylic acids is 1. The zero-order valence-corrected chi connectivity index (χ0v) is 12.3. The van der Waals surface area contributed by atoms with Crippen LogP contribution in [0.3, 0.4) is 0 Å². The summed E-state index contributed by atoms with van der Waals surface area (Å²) in [5.41, 5.74) is 6.89. The van der Waals surface area contributed by atoms with Gasteiger partial charge in [-0.25, -0.2) is 4.79 Å². The Hall–Kier alpha value is -2.07. The van der Waals surface area contributed by atoms with Crippen molar-refractivity contribution in [2.75, 3.05) is 25.6 Å². The summed E-state index contributed by atoms with van der Waals surface area (Å²) in [7, 11) is 0. The van der Waals surface area contributed by atoms with Crippen molar-refractivity contribution in [1.29, 1.82) is 5.26 Å². The lowest BCUT2D eigenvalue weighted by Crippen LogP contribution is -2.31. The van der Waals surface area contributed by atoms with Gasteiger partial charge in [0.15, 0.2) is 5.82 Å². The Balaban J connectivity index is 2.42. The van der Waals surface area contributed by atoms with Gasteiger partial charge in [0.25, 0.3) is 0 Å². The average molecular weight is 292 g/mol. The summed E-state index contributed by atoms with van der Waals surface area (Å²) >= 11 is 0. The molecule has 0 aliphatic carbocycles. The normalized spacial score (nSPS) is 21.8. The lowest BCUT2D eigenvalue weighted by Gasteiger charge is -2.28. The summed E-state index contributed by atoms with van der Waals surface area (Å²) in [4.78, 5) is 12.0. The van der Waals surface area contributed by atoms with E-state index in [0.29, 0.717) is 37.3 Å². The fourth-order valence-corrected chi connectivity index (χ4v) is 2.64. The fraction of sp³-hybridized carbons (Fsp3) is 0.643. The van der Waals surface area contributed by atoms with Gasteiger partial charge in [0.2, 0.25) is 0 Å². The molecule has 7 heteroatoms. The van der Waals surface area contributed by atoms with E-state index in [4.69, 9.17) is 15.2 Å². The number of hydrogen-bond acceptors (Lipinski definition) is 6. The van der Waals surface area contributed by atoms with Crippen LogP contribution in [0.4, 0.5) is 5.82 Å². The summed E-state index contributed by atoms with van der Waals surface area (Å²) in [5.74, 6) is -0.519. The van der Waals surface area contributed by atoms with Gasteiger partial charge in [0.05, 0.1) is 36.9 Å². The monoisotopic (exact) mass is 292 g/mol. The van der Waals surface area contributed by atoms with Crippen molar-refractivity contribution in [3.63, 3.8) is 0 Å². The third kappa shape index (κ3) is 2.85. The van der Waals surface area contributed by atoms with Crippen LogP contribution in [-0.2, 0) is 15.9 Å². The molecule has 1 fully saturated rings. The van der Waals surface area contributed by atoms with E-state index in [-0.39, 0.29) is 24.4 Å². The molecular formula is C14H20N4O3. The summed E-state index contributed by atoms with van der Waals surface area (Å²) in [5, 5.41) is 13.6. The highest BCUT2D eigenvalue weighted by Gasteiger charge is 2.32. The third-order valence-corrected chi connectivity index (χ3v) is 3.66. The molecule has 0 unspecified atom stereocenters. The van der Waals surface area contributed by atoms with Crippen molar-refractivity contribution in [3.8, 4) is 6.07 Å². The zero-order chi connectivity index (χ0) is 15.4. The Kier molecular flexibility index (Phi) is 4.81. The number of ether oxygens (including phenoxy) is 2. The SMILES string of the molecule is CCOC(=O)c1c(N)nn([C@@H]2COCC[C@H]2C#N)c1CC. The van der Waals surface area contributed by atoms with Crippen LogP contribution in [0.1, 0.15) is 42.4 Å². The highest BCUT2D eigenvalue weighted by Crippen LogP contribution is 2.30. The summed E-state index contributed by atoms with van der Waals surface area (Å²) in [6.07, 6.45) is 1.23. The van der Waals surface area contributed by atoms with Gasteiger partial charge < -0.3 is 15.2 Å². The Morgan fingerprint density at radius 1 is 1.62 bits per heavy atom. The van der Waals surface area contributed by atoms with Crippen LogP contribution in [0.15, 0.2) is 0 Å². The molecule has 1 aromatic heterocycles. The van der Waals surface area contributed by atoms with Crippen LogP contribution >= 0.6 is 0 Å². The lowest BCUT2D eigenvalue weighted by atomic mass is 9.96. The molecule has 0 bridgehead atoms. The number of nitrogen functional groups attached to an aromatic ring is 1. The van der Waals surface area contributed by atoms with Crippen LogP contribution in [0, 0.1) is 17.2 Å². The maximum absolute atomic E-state index is 12.0. The second-order valence-electron chi connectivity index (χ2n) is 4.89. The molecule has 1 saturated heterocycles. The first-order chi connectivity index (χ1) is 10.1. The van der Waals surface area contributed by atoms with Gasteiger partial charge in [-0.2, -0.15) is 10.4 Å². The number of anilines is 1. The highest BCUT2D eigenvalue weighted by molar-refractivity contribution is 5.95. The minimum absolute atomic E-state index is 0.146. The van der Waals surface area contributed by atoms with E-state index in [1.165, 1.54) is 0 Å². The number of nitrogens with zero attached hydrogens (tertiary/aromatic N) is 3. The van der Waals surface area contributed by atoms with Gasteiger partial charge in [-0.15, -0.1) is 0 Å². The van der Waals surface area contributed by atoms with E-state index < -0.39 is 5.97 Å². The quantitative estimate of drug-likeness (QED) is 0.839. The van der Waals surface area contributed by atoms with Crippen molar-refractivity contribution in [2.45, 2.75) is 32.7 Å². The molecule has 2 rings (SSSR count). The van der Waals surface area contributed by atoms with E-state index in [0.717, 1.165) is 0 Å². The standard InChI is InChI=1S/C14H20N4O3/c1-3-10-12(14(19)21-4-2)13(16)17-18(10)11-8-20-6-5-9(11)7-15/h9,11H,3-6,8H2,1-2H3,(H2,16,17)/t9-,11+/m0/s1. The number of esters is 1. The molecule has 0 amide bonds. The summed E-state index contributed by atoms with van der Waals surface area (Å²) in [6, 6.07) is 2.07. The first kappa shape index (κ1) is 15.3. The first-order valence-electron chi connectivity index (χ1n) is 7.15. The second-order valence-corrected chi connectivity index (χ2v) is 4.89. The number of hydrogen-bond donors (Lipinski definition) is 1. The van der Waals surface area contributed by atoms with Gasteiger partial charge in [-0.3, -0.25) is 4.68 Å². The van der Waals surface area contributed by atoms with Crippen molar-refractivity contribution >= 4 is 11.8 Å². The Morgan fingerprint density at radius 3 is 3.00 bits per heavy atom. The first-order valence-corrected chi connectivity index (χ1v) is 7.15. The van der Waals surface area contributed by atoms with Gasteiger partial charge in [-0.1, -0.05) is 6.92 Å². The van der Waals surface area contributed by atoms with Crippen LogP contribution in [0.25, 0.3) is 0 Å². The predicted molar refractivity (Wildman–Crippen MR) is 75.5 cm³/mol. The smallest absolute Gasteiger partial charge is 0.343 e. The molecule has 0 spiro atoms. The molecule has 1 aromatic rings. The lowest BCUT2D eigenvalue weighted by molar-refractivity contribution is 0.0329. The Morgan fingerprint density at radius 2 is 2.38 bits per heavy atom. The maximum atomic E-state index is 12.0. The predicted octanol–water partition coefficient (Wildman–Crippen LogP) is 1.31. The molecule has 2 atom stereocenters. The second kappa shape index (κ2) is 6.59. The third-order valence-electron chi connectivity index (χ3n) is 3.66. The van der Waals surface area contributed by atoms with Gasteiger partial charge in [0.1, 0.15) is 5.56 Å². The average Bonchev–Trinajstić information content (AvgIpc) is 2.83. The van der Waals surface area contributed by atoms with Crippen molar-refractivity contribution < 1.29 is 14.3 Å². The van der Waals surface area contributed by atoms with Gasteiger partial charge in [-0.05, 0) is 19.8 Å². The topological polar surface area (TPSA) is 103 Å². The number of nitrogens with two attached hydrogens (primary N) is 1. The molecule has 1 aliphatic rings. The molecule has 1 aliphatic heterocycles. The molecule has 0 radical (unpaired) electrons. The number of aromatic nitrogens is 2. The minimum Gasteiger partial charge on any atom is -0.462 e. The molecular weight excluding hydrogens is 272 g/mol. The van der Waals surface area contributed by atoms with E-state index in [1.807, 2.05) is 6.92 Å². The molecule has 7 nitrogen and oxygen atoms in total. The minimum atomic E-state index is -0.469. The summed E-state index contributed by atoms with van der Waals surface area (Å²) < 4.78 is 12.2. The summed E-state index contributed by atoms with van der Waals surface area (Å²) in [6.45, 7) is 4.90. The fourth-order valence-electron chi connectivity index (χ4n) is 2.64. The van der Waals surface area contributed by atoms with E-state index in [2.05, 4.69) is 11.2 Å². The number of carbonyl (C=O) groups is 1. The molecule has 21 heavy (non-hydrogen) atoms. The van der Waals surface area contributed by atoms with Crippen molar-refractivity contribution in [2.24, 2.45) is 5.92 Å². The Labute approximate surface area is 123 Å². The van der Waals surface area contributed by atoms with Crippen molar-refractivity contribution in [3.05, 3.63) is 11.3 Å². The zero-order valence-electron chi connectivity index (χ0n) is 12.3. The van der Waals surface area contributed by atoms with Crippen LogP contribution in [0.5, 0.6) is 0 Å². The van der Waals surface area contributed by atoms with E-state index in [9.17, 15) is 10.1 Å². The molecule has 114 valence electrons. The molecule has 2 heterocycles. The number of rotatable bonds is 4. The largest absolute Gasteiger partial charge is 0.462 e. The van der Waals surface area contributed by atoms with Crippen LogP contribution in [0.2, 0.25) is 0 Å². The molecule has 0 aromatic carbocycles.